The number of aromatic nitrogens is 2. The van der Waals surface area contributed by atoms with Gasteiger partial charge in [-0.2, -0.15) is 0 Å². The molecular weight excluding hydrogens is 645 g/mol. The van der Waals surface area contributed by atoms with Gasteiger partial charge in [0.05, 0.1) is 22.3 Å². The molecule has 12 nitrogen and oxygen atoms in total. The van der Waals surface area contributed by atoms with Crippen LogP contribution in [0.3, 0.4) is 0 Å². The quantitative estimate of drug-likeness (QED) is 0.0679. The highest BCUT2D eigenvalue weighted by molar-refractivity contribution is 7.81. The molecule has 0 unspecified atom stereocenters. The normalized spacial score (nSPS) is 10.8. The first-order valence-electron chi connectivity index (χ1n) is 13.2. The molecule has 2 aromatic carbocycles. The van der Waals surface area contributed by atoms with Crippen molar-refractivity contribution in [3.05, 3.63) is 69.7 Å². The lowest BCUT2D eigenvalue weighted by molar-refractivity contribution is 0.0686. The molecule has 0 amide bonds. The number of phenolic OH excluding ortho intramolecular Hbond substituents is 2. The summed E-state index contributed by atoms with van der Waals surface area (Å²) >= 11 is 13.4. The highest BCUT2D eigenvalue weighted by Gasteiger charge is 2.16. The minimum absolute atomic E-state index is 0.0520. The van der Waals surface area contributed by atoms with Crippen LogP contribution in [0, 0.1) is 0 Å². The van der Waals surface area contributed by atoms with Crippen LogP contribution in [-0.4, -0.2) is 91.6 Å². The second-order valence-corrected chi connectivity index (χ2v) is 11.7. The van der Waals surface area contributed by atoms with E-state index in [0.717, 1.165) is 13.1 Å². The van der Waals surface area contributed by atoms with E-state index < -0.39 is 11.9 Å². The van der Waals surface area contributed by atoms with Crippen molar-refractivity contribution in [1.82, 2.24) is 31.2 Å². The van der Waals surface area contributed by atoms with Crippen LogP contribution in [0.15, 0.2) is 47.2 Å². The molecule has 0 radical (unpaired) electrons. The van der Waals surface area contributed by atoms with Crippen LogP contribution in [0.25, 0.3) is 21.1 Å². The number of phenols is 2. The first-order valence-corrected chi connectivity index (χ1v) is 15.7. The maximum Gasteiger partial charge on any atom is 0.335 e. The van der Waals surface area contributed by atoms with Crippen molar-refractivity contribution in [2.75, 3.05) is 39.3 Å². The Balaban J connectivity index is 1.09. The fourth-order valence-corrected chi connectivity index (χ4v) is 6.05. The molecule has 0 saturated carbocycles. The molecular formula is C28H28N6O6S4. The van der Waals surface area contributed by atoms with Gasteiger partial charge in [-0.15, -0.1) is 22.7 Å². The van der Waals surface area contributed by atoms with Gasteiger partial charge in [0, 0.05) is 50.0 Å². The number of hydrogen-bond acceptors (Lipinski definition) is 12. The molecule has 0 spiro atoms. The molecule has 0 aliphatic rings. The molecule has 0 aliphatic heterocycles. The van der Waals surface area contributed by atoms with Crippen molar-refractivity contribution >= 4 is 69.0 Å². The van der Waals surface area contributed by atoms with E-state index in [9.17, 15) is 30.0 Å². The van der Waals surface area contributed by atoms with Gasteiger partial charge in [0.1, 0.15) is 42.9 Å². The smallest absolute Gasteiger partial charge is 0.335 e. The SMILES string of the molecule is O=C(O)c1ccc(O)c(-c2nc(C(=S)NCCNCCNCCNC(=S)c3csc(-c4cc(C(=O)O)ccc4O)n3)cs2)c1. The molecule has 230 valence electrons. The summed E-state index contributed by atoms with van der Waals surface area (Å²) in [6.45, 7) is 3.95. The molecule has 0 fully saturated rings. The Hall–Kier alpha value is -4.06. The van der Waals surface area contributed by atoms with Gasteiger partial charge in [0.25, 0.3) is 0 Å². The Morgan fingerprint density at radius 1 is 0.659 bits per heavy atom. The third-order valence-electron chi connectivity index (χ3n) is 6.07. The average Bonchev–Trinajstić information content (AvgIpc) is 3.69. The first-order chi connectivity index (χ1) is 21.1. The Labute approximate surface area is 270 Å². The van der Waals surface area contributed by atoms with E-state index in [2.05, 4.69) is 31.2 Å². The summed E-state index contributed by atoms with van der Waals surface area (Å²) < 4.78 is 0. The van der Waals surface area contributed by atoms with E-state index in [1.807, 2.05) is 0 Å². The van der Waals surface area contributed by atoms with Gasteiger partial charge in [0.2, 0.25) is 0 Å². The van der Waals surface area contributed by atoms with Crippen molar-refractivity contribution in [2.24, 2.45) is 0 Å². The van der Waals surface area contributed by atoms with Gasteiger partial charge < -0.3 is 41.7 Å². The van der Waals surface area contributed by atoms with Gasteiger partial charge in [-0.25, -0.2) is 19.6 Å². The monoisotopic (exact) mass is 672 g/mol. The lowest BCUT2D eigenvalue weighted by Crippen LogP contribution is -2.37. The van der Waals surface area contributed by atoms with Gasteiger partial charge >= 0.3 is 11.9 Å². The van der Waals surface area contributed by atoms with Crippen LogP contribution >= 0.6 is 47.1 Å². The molecule has 0 aliphatic carbocycles. The number of carbonyl (C=O) groups is 2. The molecule has 16 heteroatoms. The second-order valence-electron chi connectivity index (χ2n) is 9.16. The number of thiocarbonyl (C=S) groups is 2. The second kappa shape index (κ2) is 15.6. The Morgan fingerprint density at radius 2 is 1.05 bits per heavy atom. The number of aromatic hydroxyl groups is 2. The molecule has 8 N–H and O–H groups in total. The van der Waals surface area contributed by atoms with E-state index in [1.165, 1.54) is 59.1 Å². The first kappa shape index (κ1) is 32.8. The van der Waals surface area contributed by atoms with E-state index in [-0.39, 0.29) is 22.6 Å². The van der Waals surface area contributed by atoms with Crippen LogP contribution in [0.2, 0.25) is 0 Å². The highest BCUT2D eigenvalue weighted by Crippen LogP contribution is 2.33. The summed E-state index contributed by atoms with van der Waals surface area (Å²) in [5.41, 5.74) is 1.90. The maximum absolute atomic E-state index is 11.2. The number of nitrogens with zero attached hydrogens (tertiary/aromatic N) is 2. The third-order valence-corrected chi connectivity index (χ3v) is 8.53. The van der Waals surface area contributed by atoms with E-state index in [0.29, 0.717) is 68.7 Å². The zero-order chi connectivity index (χ0) is 31.6. The number of rotatable bonds is 15. The zero-order valence-corrected chi connectivity index (χ0v) is 26.3. The maximum atomic E-state index is 11.2. The fourth-order valence-electron chi connectivity index (χ4n) is 3.82. The van der Waals surface area contributed by atoms with Crippen molar-refractivity contribution in [1.29, 1.82) is 0 Å². The number of thiazole rings is 2. The number of benzene rings is 2. The van der Waals surface area contributed by atoms with Crippen molar-refractivity contribution in [2.45, 2.75) is 0 Å². The van der Waals surface area contributed by atoms with Gasteiger partial charge in [0.15, 0.2) is 0 Å². The zero-order valence-electron chi connectivity index (χ0n) is 23.0. The summed E-state index contributed by atoms with van der Waals surface area (Å²) in [5, 5.41) is 56.0. The number of aromatic carboxylic acids is 2. The average molecular weight is 673 g/mol. The van der Waals surface area contributed by atoms with Crippen LogP contribution < -0.4 is 21.3 Å². The standard InChI is InChI=1S/C28H28N6O6S4/c35-21-3-1-15(27(37)38)11-17(21)25-33-19(13-43-25)23(41)31-9-7-29-5-6-30-8-10-32-24(42)20-14-44-26(34-20)18-12-16(28(39)40)2-4-22(18)36/h1-4,11-14,29-30,35-36H,5-10H2,(H,31,41)(H,32,42)(H,37,38)(H,39,40). The molecule has 0 bridgehead atoms. The Morgan fingerprint density at radius 3 is 1.43 bits per heavy atom. The van der Waals surface area contributed by atoms with Gasteiger partial charge in [-0.1, -0.05) is 24.4 Å². The van der Waals surface area contributed by atoms with Gasteiger partial charge in [-0.05, 0) is 36.4 Å². The fraction of sp³-hybridized carbons (Fsp3) is 0.214. The molecule has 2 aromatic heterocycles. The van der Waals surface area contributed by atoms with Crippen LogP contribution in [-0.2, 0) is 0 Å². The number of hydrogen-bond donors (Lipinski definition) is 8. The summed E-state index contributed by atoms with van der Waals surface area (Å²) in [4.78, 5) is 32.3. The minimum atomic E-state index is -1.09. The van der Waals surface area contributed by atoms with Crippen LogP contribution in [0.5, 0.6) is 11.5 Å². The van der Waals surface area contributed by atoms with Crippen molar-refractivity contribution < 1.29 is 30.0 Å². The highest BCUT2D eigenvalue weighted by atomic mass is 32.1. The number of nitrogens with one attached hydrogen (secondary N) is 4. The molecule has 4 aromatic rings. The Bertz CT molecular complexity index is 1550. The summed E-state index contributed by atoms with van der Waals surface area (Å²) in [6, 6.07) is 8.10. The molecule has 2 heterocycles. The molecule has 0 saturated heterocycles. The van der Waals surface area contributed by atoms with E-state index in [1.54, 1.807) is 10.8 Å². The predicted molar refractivity (Wildman–Crippen MR) is 177 cm³/mol. The predicted octanol–water partition coefficient (Wildman–Crippen LogP) is 3.15. The molecule has 44 heavy (non-hydrogen) atoms. The largest absolute Gasteiger partial charge is 0.507 e. The van der Waals surface area contributed by atoms with Gasteiger partial charge in [-0.3, -0.25) is 0 Å². The van der Waals surface area contributed by atoms with Crippen LogP contribution in [0.4, 0.5) is 0 Å². The number of carboxylic acid groups (broad SMARTS) is 2. The topological polar surface area (TPSA) is 189 Å². The lowest BCUT2D eigenvalue weighted by Gasteiger charge is -2.09. The molecule has 4 rings (SSSR count). The number of carboxylic acids is 2. The van der Waals surface area contributed by atoms with E-state index in [4.69, 9.17) is 24.4 Å². The van der Waals surface area contributed by atoms with E-state index >= 15 is 0 Å². The lowest BCUT2D eigenvalue weighted by atomic mass is 10.1. The van der Waals surface area contributed by atoms with Crippen molar-refractivity contribution in [3.63, 3.8) is 0 Å². The summed E-state index contributed by atoms with van der Waals surface area (Å²) in [5.74, 6) is -2.28. The summed E-state index contributed by atoms with van der Waals surface area (Å²) in [7, 11) is 0. The third kappa shape index (κ3) is 8.75. The van der Waals surface area contributed by atoms with Crippen LogP contribution in [0.1, 0.15) is 32.1 Å². The summed E-state index contributed by atoms with van der Waals surface area (Å²) in [6.07, 6.45) is 0. The van der Waals surface area contributed by atoms with Crippen molar-refractivity contribution in [3.8, 4) is 32.6 Å². The molecule has 0 atom stereocenters. The minimum Gasteiger partial charge on any atom is -0.507 e. The Kier molecular flexibility index (Phi) is 11.6.